The van der Waals surface area contributed by atoms with E-state index in [-0.39, 0.29) is 11.3 Å². The molecule has 0 bridgehead atoms. The zero-order valence-corrected chi connectivity index (χ0v) is 10.7. The van der Waals surface area contributed by atoms with Gasteiger partial charge in [-0.05, 0) is 25.1 Å². The normalized spacial score (nSPS) is 11.5. The number of esters is 1. The van der Waals surface area contributed by atoms with Crippen molar-refractivity contribution >= 4 is 35.2 Å². The van der Waals surface area contributed by atoms with Crippen LogP contribution in [0.4, 0.5) is 10.5 Å². The predicted molar refractivity (Wildman–Crippen MR) is 68.5 cm³/mol. The molecule has 0 saturated heterocycles. The fourth-order valence-electron chi connectivity index (χ4n) is 1.18. The number of urea groups is 1. The molecule has 7 nitrogen and oxygen atoms in total. The molecule has 3 amide bonds. The van der Waals surface area contributed by atoms with E-state index in [1.807, 2.05) is 0 Å². The van der Waals surface area contributed by atoms with Crippen molar-refractivity contribution in [2.24, 2.45) is 5.73 Å². The Morgan fingerprint density at radius 3 is 2.53 bits per heavy atom. The largest absolute Gasteiger partial charge is 0.449 e. The van der Waals surface area contributed by atoms with Crippen LogP contribution in [0.15, 0.2) is 18.2 Å². The van der Waals surface area contributed by atoms with Gasteiger partial charge in [-0.1, -0.05) is 11.6 Å². The van der Waals surface area contributed by atoms with E-state index >= 15 is 0 Å². The summed E-state index contributed by atoms with van der Waals surface area (Å²) in [4.78, 5) is 33.5. The van der Waals surface area contributed by atoms with Crippen LogP contribution in [0.1, 0.15) is 17.3 Å². The molecule has 1 aromatic carbocycles. The van der Waals surface area contributed by atoms with Crippen LogP contribution < -0.4 is 16.8 Å². The Kier molecular flexibility index (Phi) is 4.71. The number of benzene rings is 1. The van der Waals surface area contributed by atoms with Crippen molar-refractivity contribution in [2.75, 3.05) is 5.73 Å². The third kappa shape index (κ3) is 4.14. The van der Waals surface area contributed by atoms with Crippen LogP contribution in [-0.2, 0) is 9.53 Å². The van der Waals surface area contributed by atoms with E-state index in [1.54, 1.807) is 5.32 Å². The molecule has 102 valence electrons. The number of nitrogens with two attached hydrogens (primary N) is 2. The monoisotopic (exact) mass is 285 g/mol. The highest BCUT2D eigenvalue weighted by Crippen LogP contribution is 2.20. The van der Waals surface area contributed by atoms with Crippen LogP contribution in [0.3, 0.4) is 0 Å². The molecule has 0 aliphatic carbocycles. The second kappa shape index (κ2) is 6.05. The van der Waals surface area contributed by atoms with E-state index in [2.05, 4.69) is 0 Å². The van der Waals surface area contributed by atoms with Crippen molar-refractivity contribution in [1.82, 2.24) is 5.32 Å². The van der Waals surface area contributed by atoms with Crippen LogP contribution in [0, 0.1) is 0 Å². The first kappa shape index (κ1) is 14.8. The van der Waals surface area contributed by atoms with Gasteiger partial charge in [0.05, 0.1) is 16.3 Å². The molecule has 0 aromatic heterocycles. The van der Waals surface area contributed by atoms with Gasteiger partial charge < -0.3 is 16.2 Å². The van der Waals surface area contributed by atoms with Gasteiger partial charge in [0.25, 0.3) is 5.91 Å². The molecule has 0 unspecified atom stereocenters. The fraction of sp³-hybridized carbons (Fsp3) is 0.182. The van der Waals surface area contributed by atoms with E-state index in [0.29, 0.717) is 5.02 Å². The zero-order valence-electron chi connectivity index (χ0n) is 9.98. The first-order valence-electron chi connectivity index (χ1n) is 5.17. The second-order valence-electron chi connectivity index (χ2n) is 3.64. The number of amides is 3. The third-order valence-electron chi connectivity index (χ3n) is 2.13. The van der Waals surface area contributed by atoms with Gasteiger partial charge in [0.1, 0.15) is 0 Å². The summed E-state index contributed by atoms with van der Waals surface area (Å²) in [6.45, 7) is 1.30. The Hall–Kier alpha value is -2.28. The molecule has 5 N–H and O–H groups in total. The van der Waals surface area contributed by atoms with Crippen molar-refractivity contribution in [3.63, 3.8) is 0 Å². The molecule has 0 aliphatic heterocycles. The number of halogens is 1. The maximum atomic E-state index is 11.7. The van der Waals surface area contributed by atoms with Gasteiger partial charge in [-0.15, -0.1) is 0 Å². The van der Waals surface area contributed by atoms with Crippen LogP contribution in [0.2, 0.25) is 5.02 Å². The summed E-state index contributed by atoms with van der Waals surface area (Å²) in [6.07, 6.45) is -1.17. The van der Waals surface area contributed by atoms with Gasteiger partial charge >= 0.3 is 12.0 Å². The Morgan fingerprint density at radius 2 is 2.00 bits per heavy atom. The first-order valence-corrected chi connectivity index (χ1v) is 5.55. The highest BCUT2D eigenvalue weighted by atomic mass is 35.5. The molecule has 1 rings (SSSR count). The number of nitrogens with one attached hydrogen (secondary N) is 1. The molecule has 0 fully saturated rings. The average Bonchev–Trinajstić information content (AvgIpc) is 2.31. The summed E-state index contributed by atoms with van der Waals surface area (Å²) in [5.41, 5.74) is 10.7. The maximum Gasteiger partial charge on any atom is 0.338 e. The number of hydrogen-bond acceptors (Lipinski definition) is 5. The minimum absolute atomic E-state index is 0.139. The van der Waals surface area contributed by atoms with Crippen LogP contribution in [-0.4, -0.2) is 24.0 Å². The van der Waals surface area contributed by atoms with Gasteiger partial charge in [0.15, 0.2) is 6.10 Å². The fourth-order valence-corrected chi connectivity index (χ4v) is 1.29. The van der Waals surface area contributed by atoms with Crippen LogP contribution >= 0.6 is 11.6 Å². The van der Waals surface area contributed by atoms with Crippen molar-refractivity contribution in [3.8, 4) is 0 Å². The Morgan fingerprint density at radius 1 is 1.37 bits per heavy atom. The highest BCUT2D eigenvalue weighted by Gasteiger charge is 2.20. The van der Waals surface area contributed by atoms with Gasteiger partial charge in [0, 0.05) is 0 Å². The summed E-state index contributed by atoms with van der Waals surface area (Å²) in [6, 6.07) is 3.13. The lowest BCUT2D eigenvalue weighted by Crippen LogP contribution is -2.42. The number of anilines is 1. The molecule has 1 aromatic rings. The average molecular weight is 286 g/mol. The molecule has 0 spiro atoms. The molecular formula is C11H12ClN3O4. The molecule has 19 heavy (non-hydrogen) atoms. The number of rotatable bonds is 3. The Labute approximate surface area is 113 Å². The van der Waals surface area contributed by atoms with E-state index in [0.717, 1.165) is 0 Å². The zero-order chi connectivity index (χ0) is 14.6. The molecular weight excluding hydrogens is 274 g/mol. The minimum atomic E-state index is -1.17. The number of ether oxygens (including phenoxy) is 1. The van der Waals surface area contributed by atoms with Crippen molar-refractivity contribution in [1.29, 1.82) is 0 Å². The topological polar surface area (TPSA) is 125 Å². The van der Waals surface area contributed by atoms with Crippen molar-refractivity contribution in [3.05, 3.63) is 28.8 Å². The number of imide groups is 1. The number of nitrogen functional groups attached to an aromatic ring is 1. The minimum Gasteiger partial charge on any atom is -0.449 e. The molecule has 1 atom stereocenters. The third-order valence-corrected chi connectivity index (χ3v) is 2.48. The maximum absolute atomic E-state index is 11.7. The van der Waals surface area contributed by atoms with E-state index in [9.17, 15) is 14.4 Å². The van der Waals surface area contributed by atoms with E-state index < -0.39 is 24.0 Å². The van der Waals surface area contributed by atoms with E-state index in [1.165, 1.54) is 25.1 Å². The Balaban J connectivity index is 2.71. The number of carbonyl (C=O) groups excluding carboxylic acids is 3. The lowest BCUT2D eigenvalue weighted by molar-refractivity contribution is -0.127. The van der Waals surface area contributed by atoms with E-state index in [4.69, 9.17) is 27.8 Å². The smallest absolute Gasteiger partial charge is 0.338 e. The second-order valence-corrected chi connectivity index (χ2v) is 4.04. The summed E-state index contributed by atoms with van der Waals surface area (Å²) >= 11 is 5.71. The number of primary amides is 1. The molecule has 8 heteroatoms. The molecule has 0 saturated carbocycles. The lowest BCUT2D eigenvalue weighted by atomic mass is 10.2. The summed E-state index contributed by atoms with van der Waals surface area (Å²) in [5.74, 6) is -1.58. The van der Waals surface area contributed by atoms with Gasteiger partial charge in [-0.2, -0.15) is 0 Å². The summed E-state index contributed by atoms with van der Waals surface area (Å²) in [5, 5.41) is 2.10. The first-order chi connectivity index (χ1) is 8.81. The summed E-state index contributed by atoms with van der Waals surface area (Å²) in [7, 11) is 0. The molecule has 0 aliphatic rings. The summed E-state index contributed by atoms with van der Waals surface area (Å²) < 4.78 is 4.84. The number of hydrogen-bond donors (Lipinski definition) is 3. The van der Waals surface area contributed by atoms with Crippen molar-refractivity contribution in [2.45, 2.75) is 13.0 Å². The Bertz CT molecular complexity index is 533. The van der Waals surface area contributed by atoms with Gasteiger partial charge in [0.2, 0.25) is 0 Å². The lowest BCUT2D eigenvalue weighted by Gasteiger charge is -2.12. The standard InChI is InChI=1S/C11H12ClN3O4/c1-5(9(16)15-11(14)18)19-10(17)6-2-3-7(12)8(13)4-6/h2-5H,13H2,1H3,(H3,14,15,16,18)/t5-/m0/s1. The molecule has 0 radical (unpaired) electrons. The van der Waals surface area contributed by atoms with Gasteiger partial charge in [-0.25, -0.2) is 9.59 Å². The van der Waals surface area contributed by atoms with Gasteiger partial charge in [-0.3, -0.25) is 10.1 Å². The highest BCUT2D eigenvalue weighted by molar-refractivity contribution is 6.33. The van der Waals surface area contributed by atoms with Crippen molar-refractivity contribution < 1.29 is 19.1 Å². The SMILES string of the molecule is C[C@H](OC(=O)c1ccc(Cl)c(N)c1)C(=O)NC(N)=O. The predicted octanol–water partition coefficient (Wildman–Crippen LogP) is 0.662. The number of carbonyl (C=O) groups is 3. The van der Waals surface area contributed by atoms with Crippen LogP contribution in [0.25, 0.3) is 0 Å². The molecule has 0 heterocycles. The van der Waals surface area contributed by atoms with Crippen LogP contribution in [0.5, 0.6) is 0 Å². The quantitative estimate of drug-likeness (QED) is 0.556.